The second-order valence-corrected chi connectivity index (χ2v) is 4.17. The van der Waals surface area contributed by atoms with Gasteiger partial charge in [0.25, 0.3) is 0 Å². The highest BCUT2D eigenvalue weighted by Crippen LogP contribution is 2.07. The van der Waals surface area contributed by atoms with Crippen molar-refractivity contribution in [3.05, 3.63) is 35.6 Å². The van der Waals surface area contributed by atoms with Crippen LogP contribution in [0.4, 0.5) is 4.39 Å². The molecule has 2 N–H and O–H groups in total. The molecule has 0 aliphatic rings. The Balaban J connectivity index is 2.51. The van der Waals surface area contributed by atoms with Crippen molar-refractivity contribution in [1.82, 2.24) is 4.90 Å². The fraction of sp³-hybridized carbons (Fsp3) is 0.462. The molecule has 4 nitrogen and oxygen atoms in total. The lowest BCUT2D eigenvalue weighted by molar-refractivity contribution is -0.132. The summed E-state index contributed by atoms with van der Waals surface area (Å²) in [5.74, 6) is -0.327. The minimum absolute atomic E-state index is 0.0448. The summed E-state index contributed by atoms with van der Waals surface area (Å²) in [6, 6.07) is 6.09. The third kappa shape index (κ3) is 4.43. The molecule has 0 saturated heterocycles. The van der Waals surface area contributed by atoms with E-state index in [1.807, 2.05) is 0 Å². The number of carbonyl (C=O) groups is 1. The first kappa shape index (κ1) is 14.6. The number of hydrogen-bond acceptors (Lipinski definition) is 3. The van der Waals surface area contributed by atoms with Crippen LogP contribution in [0.15, 0.2) is 24.3 Å². The largest absolute Gasteiger partial charge is 0.380 e. The number of amides is 1. The monoisotopic (exact) mass is 254 g/mol. The van der Waals surface area contributed by atoms with Gasteiger partial charge in [-0.1, -0.05) is 12.1 Å². The summed E-state index contributed by atoms with van der Waals surface area (Å²) in [4.78, 5) is 13.4. The van der Waals surface area contributed by atoms with E-state index in [-0.39, 0.29) is 24.2 Å². The summed E-state index contributed by atoms with van der Waals surface area (Å²) in [7, 11) is 3.24. The fourth-order valence-corrected chi connectivity index (χ4v) is 1.57. The van der Waals surface area contributed by atoms with E-state index in [1.165, 1.54) is 19.2 Å². The molecule has 1 rings (SSSR count). The Bertz CT molecular complexity index is 377. The van der Waals surface area contributed by atoms with Crippen LogP contribution in [0.3, 0.4) is 0 Å². The number of methoxy groups -OCH3 is 1. The molecular weight excluding hydrogens is 235 g/mol. The van der Waals surface area contributed by atoms with Gasteiger partial charge in [0.15, 0.2) is 0 Å². The molecule has 1 aromatic carbocycles. The molecule has 5 heteroatoms. The number of nitrogens with two attached hydrogens (primary N) is 1. The van der Waals surface area contributed by atoms with Gasteiger partial charge in [-0.3, -0.25) is 4.79 Å². The molecule has 0 fully saturated rings. The zero-order valence-electron chi connectivity index (χ0n) is 10.7. The van der Waals surface area contributed by atoms with Crippen LogP contribution in [-0.4, -0.2) is 37.6 Å². The second kappa shape index (κ2) is 7.08. The molecule has 0 radical (unpaired) electrons. The normalized spacial score (nSPS) is 12.2. The van der Waals surface area contributed by atoms with Gasteiger partial charge in [-0.2, -0.15) is 0 Å². The maximum absolute atomic E-state index is 12.7. The predicted octanol–water partition coefficient (Wildman–Crippen LogP) is 1.15. The van der Waals surface area contributed by atoms with Crippen LogP contribution in [0.2, 0.25) is 0 Å². The van der Waals surface area contributed by atoms with Crippen LogP contribution >= 0.6 is 0 Å². The molecule has 1 aromatic rings. The lowest BCUT2D eigenvalue weighted by atomic mass is 10.2. The van der Waals surface area contributed by atoms with Gasteiger partial charge in [-0.25, -0.2) is 4.39 Å². The molecule has 0 spiro atoms. The van der Waals surface area contributed by atoms with Gasteiger partial charge in [0, 0.05) is 27.2 Å². The second-order valence-electron chi connectivity index (χ2n) is 4.17. The van der Waals surface area contributed by atoms with Gasteiger partial charge >= 0.3 is 0 Å². The third-order valence-electron chi connectivity index (χ3n) is 2.76. The van der Waals surface area contributed by atoms with Crippen molar-refractivity contribution in [2.75, 3.05) is 20.7 Å². The molecule has 1 unspecified atom stereocenters. The molecule has 1 atom stereocenters. The first-order valence-corrected chi connectivity index (χ1v) is 5.78. The summed E-state index contributed by atoms with van der Waals surface area (Å²) in [6.45, 7) is 0.757. The first-order chi connectivity index (χ1) is 8.56. The van der Waals surface area contributed by atoms with Crippen molar-refractivity contribution < 1.29 is 13.9 Å². The van der Waals surface area contributed by atoms with Crippen LogP contribution in [0.25, 0.3) is 0 Å². The summed E-state index contributed by atoms with van der Waals surface area (Å²) in [5, 5.41) is 0. The van der Waals surface area contributed by atoms with Crippen molar-refractivity contribution in [2.45, 2.75) is 19.1 Å². The van der Waals surface area contributed by atoms with Crippen LogP contribution < -0.4 is 5.73 Å². The Hall–Kier alpha value is -1.46. The number of hydrogen-bond donors (Lipinski definition) is 1. The van der Waals surface area contributed by atoms with Gasteiger partial charge in [-0.05, 0) is 17.7 Å². The van der Waals surface area contributed by atoms with Crippen molar-refractivity contribution >= 4 is 5.91 Å². The van der Waals surface area contributed by atoms with Crippen LogP contribution in [0, 0.1) is 5.82 Å². The predicted molar refractivity (Wildman–Crippen MR) is 67.3 cm³/mol. The van der Waals surface area contributed by atoms with Crippen molar-refractivity contribution in [1.29, 1.82) is 0 Å². The minimum atomic E-state index is -0.282. The number of carbonyl (C=O) groups excluding carboxylic acids is 1. The lowest BCUT2D eigenvalue weighted by Crippen LogP contribution is -2.33. The highest BCUT2D eigenvalue weighted by molar-refractivity contribution is 5.76. The van der Waals surface area contributed by atoms with Crippen molar-refractivity contribution in [3.8, 4) is 0 Å². The zero-order chi connectivity index (χ0) is 13.5. The van der Waals surface area contributed by atoms with Crippen molar-refractivity contribution in [2.24, 2.45) is 5.73 Å². The topological polar surface area (TPSA) is 55.6 Å². The fourth-order valence-electron chi connectivity index (χ4n) is 1.57. The van der Waals surface area contributed by atoms with E-state index in [0.29, 0.717) is 13.1 Å². The molecule has 0 aliphatic carbocycles. The molecule has 0 heterocycles. The quantitative estimate of drug-likeness (QED) is 0.828. The third-order valence-corrected chi connectivity index (χ3v) is 2.76. The number of nitrogens with zero attached hydrogens (tertiary/aromatic N) is 1. The minimum Gasteiger partial charge on any atom is -0.380 e. The van der Waals surface area contributed by atoms with E-state index in [2.05, 4.69) is 0 Å². The van der Waals surface area contributed by atoms with Crippen LogP contribution in [0.5, 0.6) is 0 Å². The van der Waals surface area contributed by atoms with Gasteiger partial charge in [0.2, 0.25) is 5.91 Å². The maximum Gasteiger partial charge on any atom is 0.225 e. The van der Waals surface area contributed by atoms with E-state index in [0.717, 1.165) is 5.56 Å². The van der Waals surface area contributed by atoms with E-state index < -0.39 is 0 Å². The van der Waals surface area contributed by atoms with E-state index in [9.17, 15) is 9.18 Å². The molecule has 0 bridgehead atoms. The maximum atomic E-state index is 12.7. The van der Waals surface area contributed by atoms with Crippen molar-refractivity contribution in [3.63, 3.8) is 0 Å². The van der Waals surface area contributed by atoms with Gasteiger partial charge in [0.1, 0.15) is 5.82 Å². The molecule has 100 valence electrons. The first-order valence-electron chi connectivity index (χ1n) is 5.78. The number of halogens is 1. The molecule has 18 heavy (non-hydrogen) atoms. The van der Waals surface area contributed by atoms with Crippen LogP contribution in [-0.2, 0) is 16.1 Å². The molecule has 0 aromatic heterocycles. The lowest BCUT2D eigenvalue weighted by Gasteiger charge is -2.20. The van der Waals surface area contributed by atoms with Gasteiger partial charge in [0.05, 0.1) is 12.5 Å². The Morgan fingerprint density at radius 3 is 2.56 bits per heavy atom. The average Bonchev–Trinajstić information content (AvgIpc) is 2.38. The summed E-state index contributed by atoms with van der Waals surface area (Å²) in [5.41, 5.74) is 6.35. The standard InChI is InChI=1S/C13H19FN2O2/c1-16(13(17)7-12(8-15)18-2)9-10-3-5-11(14)6-4-10/h3-6,12H,7-9,15H2,1-2H3. The van der Waals surface area contributed by atoms with E-state index in [1.54, 1.807) is 24.1 Å². The number of ether oxygens (including phenoxy) is 1. The van der Waals surface area contributed by atoms with Crippen LogP contribution in [0.1, 0.15) is 12.0 Å². The Morgan fingerprint density at radius 2 is 2.06 bits per heavy atom. The molecule has 0 aliphatic heterocycles. The molecule has 1 amide bonds. The zero-order valence-corrected chi connectivity index (χ0v) is 10.7. The Labute approximate surface area is 107 Å². The smallest absolute Gasteiger partial charge is 0.225 e. The Kier molecular flexibility index (Phi) is 5.74. The Morgan fingerprint density at radius 1 is 1.44 bits per heavy atom. The van der Waals surface area contributed by atoms with E-state index >= 15 is 0 Å². The summed E-state index contributed by atoms with van der Waals surface area (Å²) < 4.78 is 17.8. The molecular formula is C13H19FN2O2. The SMILES string of the molecule is COC(CN)CC(=O)N(C)Cc1ccc(F)cc1. The van der Waals surface area contributed by atoms with E-state index in [4.69, 9.17) is 10.5 Å². The average molecular weight is 254 g/mol. The summed E-state index contributed by atoms with van der Waals surface area (Å²) in [6.07, 6.45) is -0.00167. The van der Waals surface area contributed by atoms with Gasteiger partial charge < -0.3 is 15.4 Å². The van der Waals surface area contributed by atoms with Gasteiger partial charge in [-0.15, -0.1) is 0 Å². The highest BCUT2D eigenvalue weighted by Gasteiger charge is 2.15. The molecule has 0 saturated carbocycles. The summed E-state index contributed by atoms with van der Waals surface area (Å²) >= 11 is 0. The number of benzene rings is 1. The number of rotatable bonds is 6. The highest BCUT2D eigenvalue weighted by atomic mass is 19.1.